The van der Waals surface area contributed by atoms with Crippen molar-refractivity contribution in [3.63, 3.8) is 0 Å². The third-order valence-electron chi connectivity index (χ3n) is 3.32. The molecular weight excluding hydrogens is 308 g/mol. The molecule has 1 aliphatic heterocycles. The Kier molecular flexibility index (Phi) is 4.53. The van der Waals surface area contributed by atoms with Crippen LogP contribution in [0.15, 0.2) is 29.6 Å². The van der Waals surface area contributed by atoms with Gasteiger partial charge in [-0.3, -0.25) is 4.79 Å². The van der Waals surface area contributed by atoms with Crippen molar-refractivity contribution in [3.05, 3.63) is 40.4 Å². The normalized spacial score (nSPS) is 17.9. The molecule has 1 saturated heterocycles. The molecule has 1 aromatic carbocycles. The molecular formula is C15H15ClN2O2S. The van der Waals surface area contributed by atoms with E-state index in [-0.39, 0.29) is 12.0 Å². The van der Waals surface area contributed by atoms with Crippen molar-refractivity contribution in [3.8, 4) is 10.6 Å². The monoisotopic (exact) mass is 322 g/mol. The van der Waals surface area contributed by atoms with E-state index in [2.05, 4.69) is 10.3 Å². The highest BCUT2D eigenvalue weighted by Gasteiger charge is 2.18. The van der Waals surface area contributed by atoms with Gasteiger partial charge in [-0.25, -0.2) is 4.98 Å². The van der Waals surface area contributed by atoms with Crippen LogP contribution in [-0.2, 0) is 4.74 Å². The van der Waals surface area contributed by atoms with Crippen molar-refractivity contribution in [2.24, 2.45) is 0 Å². The summed E-state index contributed by atoms with van der Waals surface area (Å²) < 4.78 is 5.48. The van der Waals surface area contributed by atoms with Crippen LogP contribution in [0.1, 0.15) is 23.3 Å². The number of benzene rings is 1. The van der Waals surface area contributed by atoms with Gasteiger partial charge in [-0.1, -0.05) is 23.7 Å². The minimum atomic E-state index is -0.157. The molecule has 2 heterocycles. The molecule has 6 heteroatoms. The maximum atomic E-state index is 12.1. The van der Waals surface area contributed by atoms with E-state index < -0.39 is 0 Å². The molecule has 1 amide bonds. The first-order valence-corrected chi connectivity index (χ1v) is 8.09. The molecule has 1 aromatic heterocycles. The van der Waals surface area contributed by atoms with Gasteiger partial charge >= 0.3 is 0 Å². The van der Waals surface area contributed by atoms with Crippen LogP contribution in [0.4, 0.5) is 0 Å². The molecule has 0 radical (unpaired) electrons. The summed E-state index contributed by atoms with van der Waals surface area (Å²) in [7, 11) is 0. The summed E-state index contributed by atoms with van der Waals surface area (Å²) in [6.07, 6.45) is 2.21. The fraction of sp³-hybridized carbons (Fsp3) is 0.333. The number of thiazole rings is 1. The number of aromatic nitrogens is 1. The fourth-order valence-corrected chi connectivity index (χ4v) is 3.22. The largest absolute Gasteiger partial charge is 0.376 e. The van der Waals surface area contributed by atoms with Crippen molar-refractivity contribution in [1.82, 2.24) is 10.3 Å². The van der Waals surface area contributed by atoms with Gasteiger partial charge in [-0.05, 0) is 25.0 Å². The van der Waals surface area contributed by atoms with E-state index in [0.29, 0.717) is 17.3 Å². The minimum absolute atomic E-state index is 0.139. The van der Waals surface area contributed by atoms with Crippen LogP contribution in [0.5, 0.6) is 0 Å². The Bertz CT molecular complexity index is 638. The quantitative estimate of drug-likeness (QED) is 0.939. The molecule has 0 saturated carbocycles. The van der Waals surface area contributed by atoms with Crippen LogP contribution in [0.3, 0.4) is 0 Å². The zero-order valence-electron chi connectivity index (χ0n) is 11.3. The van der Waals surface area contributed by atoms with E-state index in [1.807, 2.05) is 24.3 Å². The highest BCUT2D eigenvalue weighted by molar-refractivity contribution is 7.13. The zero-order chi connectivity index (χ0) is 14.7. The second-order valence-electron chi connectivity index (χ2n) is 4.89. The molecule has 3 rings (SSSR count). The predicted octanol–water partition coefficient (Wildman–Crippen LogP) is 3.37. The summed E-state index contributed by atoms with van der Waals surface area (Å²) in [6, 6.07) is 7.46. The second-order valence-corrected chi connectivity index (χ2v) is 6.19. The van der Waals surface area contributed by atoms with E-state index >= 15 is 0 Å². The molecule has 0 spiro atoms. The van der Waals surface area contributed by atoms with Gasteiger partial charge in [0.05, 0.1) is 6.10 Å². The molecule has 1 fully saturated rings. The van der Waals surface area contributed by atoms with E-state index in [9.17, 15) is 4.79 Å². The molecule has 110 valence electrons. The van der Waals surface area contributed by atoms with Crippen molar-refractivity contribution >= 4 is 28.8 Å². The van der Waals surface area contributed by atoms with Crippen molar-refractivity contribution < 1.29 is 9.53 Å². The molecule has 21 heavy (non-hydrogen) atoms. The number of carbonyl (C=O) groups excluding carboxylic acids is 1. The number of nitrogens with zero attached hydrogens (tertiary/aromatic N) is 1. The first kappa shape index (κ1) is 14.5. The number of halogens is 1. The third kappa shape index (κ3) is 3.61. The molecule has 1 N–H and O–H groups in total. The molecule has 1 atom stereocenters. The number of carbonyl (C=O) groups is 1. The average molecular weight is 323 g/mol. The molecule has 0 aliphatic carbocycles. The van der Waals surface area contributed by atoms with Crippen LogP contribution in [0.25, 0.3) is 10.6 Å². The van der Waals surface area contributed by atoms with Crippen molar-refractivity contribution in [1.29, 1.82) is 0 Å². The summed E-state index contributed by atoms with van der Waals surface area (Å²) in [5.74, 6) is -0.157. The lowest BCUT2D eigenvalue weighted by Crippen LogP contribution is -2.31. The topological polar surface area (TPSA) is 51.2 Å². The Morgan fingerprint density at radius 2 is 2.43 bits per heavy atom. The maximum Gasteiger partial charge on any atom is 0.270 e. The van der Waals surface area contributed by atoms with Gasteiger partial charge in [-0.2, -0.15) is 0 Å². The number of nitrogens with one attached hydrogen (secondary N) is 1. The van der Waals surface area contributed by atoms with Gasteiger partial charge in [0.1, 0.15) is 10.7 Å². The van der Waals surface area contributed by atoms with E-state index in [0.717, 1.165) is 30.0 Å². The van der Waals surface area contributed by atoms with Gasteiger partial charge in [0.25, 0.3) is 5.91 Å². The van der Waals surface area contributed by atoms with Gasteiger partial charge in [0.15, 0.2) is 0 Å². The van der Waals surface area contributed by atoms with Crippen LogP contribution >= 0.6 is 22.9 Å². The Morgan fingerprint density at radius 3 is 3.19 bits per heavy atom. The summed E-state index contributed by atoms with van der Waals surface area (Å²) in [4.78, 5) is 16.4. The average Bonchev–Trinajstić information content (AvgIpc) is 3.16. The minimum Gasteiger partial charge on any atom is -0.376 e. The lowest BCUT2D eigenvalue weighted by molar-refractivity contribution is 0.0854. The summed E-state index contributed by atoms with van der Waals surface area (Å²) >= 11 is 7.41. The third-order valence-corrected chi connectivity index (χ3v) is 4.45. The van der Waals surface area contributed by atoms with E-state index in [4.69, 9.17) is 16.3 Å². The number of ether oxygens (including phenoxy) is 1. The van der Waals surface area contributed by atoms with E-state index in [1.165, 1.54) is 11.3 Å². The predicted molar refractivity (Wildman–Crippen MR) is 83.9 cm³/mol. The number of amides is 1. The van der Waals surface area contributed by atoms with Crippen molar-refractivity contribution in [2.75, 3.05) is 13.2 Å². The summed E-state index contributed by atoms with van der Waals surface area (Å²) in [5.41, 5.74) is 1.36. The number of rotatable bonds is 4. The second kappa shape index (κ2) is 6.56. The van der Waals surface area contributed by atoms with Crippen LogP contribution in [-0.4, -0.2) is 30.1 Å². The van der Waals surface area contributed by atoms with E-state index in [1.54, 1.807) is 5.38 Å². The smallest absolute Gasteiger partial charge is 0.270 e. The Hall–Kier alpha value is -1.43. The summed E-state index contributed by atoms with van der Waals surface area (Å²) in [6.45, 7) is 1.33. The highest BCUT2D eigenvalue weighted by atomic mass is 35.5. The Morgan fingerprint density at radius 1 is 1.52 bits per heavy atom. The van der Waals surface area contributed by atoms with Gasteiger partial charge in [0, 0.05) is 29.1 Å². The summed E-state index contributed by atoms with van der Waals surface area (Å²) in [5, 5.41) is 6.09. The highest BCUT2D eigenvalue weighted by Crippen LogP contribution is 2.26. The molecule has 1 unspecified atom stereocenters. The lowest BCUT2D eigenvalue weighted by Gasteiger charge is -2.09. The Labute approximate surface area is 132 Å². The Balaban J connectivity index is 1.65. The SMILES string of the molecule is O=C(NCC1CCCO1)c1csc(-c2cccc(Cl)c2)n1. The molecule has 1 aliphatic rings. The van der Waals surface area contributed by atoms with Crippen LogP contribution < -0.4 is 5.32 Å². The van der Waals surface area contributed by atoms with Crippen LogP contribution in [0, 0.1) is 0 Å². The van der Waals surface area contributed by atoms with Gasteiger partial charge < -0.3 is 10.1 Å². The van der Waals surface area contributed by atoms with Gasteiger partial charge in [-0.15, -0.1) is 11.3 Å². The number of hydrogen-bond acceptors (Lipinski definition) is 4. The molecule has 0 bridgehead atoms. The fourth-order valence-electron chi connectivity index (χ4n) is 2.23. The first-order chi connectivity index (χ1) is 10.2. The molecule has 4 nitrogen and oxygen atoms in total. The van der Waals surface area contributed by atoms with Crippen LogP contribution in [0.2, 0.25) is 5.02 Å². The first-order valence-electron chi connectivity index (χ1n) is 6.83. The maximum absolute atomic E-state index is 12.1. The van der Waals surface area contributed by atoms with Crippen molar-refractivity contribution in [2.45, 2.75) is 18.9 Å². The van der Waals surface area contributed by atoms with Gasteiger partial charge in [0.2, 0.25) is 0 Å². The molecule has 2 aromatic rings. The number of hydrogen-bond donors (Lipinski definition) is 1. The standard InChI is InChI=1S/C15H15ClN2O2S/c16-11-4-1-3-10(7-11)15-18-13(9-21-15)14(19)17-8-12-5-2-6-20-12/h1,3-4,7,9,12H,2,5-6,8H2,(H,17,19). The zero-order valence-corrected chi connectivity index (χ0v) is 12.9. The lowest BCUT2D eigenvalue weighted by atomic mass is 10.2.